The summed E-state index contributed by atoms with van der Waals surface area (Å²) in [6.45, 7) is 4.89. The minimum Gasteiger partial charge on any atom is -0.493 e. The first kappa shape index (κ1) is 18.7. The van der Waals surface area contributed by atoms with E-state index in [-0.39, 0.29) is 11.0 Å². The van der Waals surface area contributed by atoms with Crippen molar-refractivity contribution in [2.75, 3.05) is 6.61 Å². The van der Waals surface area contributed by atoms with Crippen molar-refractivity contribution in [1.29, 1.82) is 0 Å². The second kappa shape index (κ2) is 6.47. The lowest BCUT2D eigenvalue weighted by Gasteiger charge is -2.53. The zero-order chi connectivity index (χ0) is 19.4. The van der Waals surface area contributed by atoms with E-state index in [0.29, 0.717) is 30.1 Å². The van der Waals surface area contributed by atoms with E-state index in [1.54, 1.807) is 6.07 Å². The molecular formula is C22H30FNO3. The number of aliphatic hydroxyl groups is 1. The van der Waals surface area contributed by atoms with Gasteiger partial charge in [-0.15, -0.1) is 0 Å². The molecule has 27 heavy (non-hydrogen) atoms. The van der Waals surface area contributed by atoms with Crippen molar-refractivity contribution in [2.45, 2.75) is 70.3 Å². The first-order valence-electron chi connectivity index (χ1n) is 10.2. The minimum absolute atomic E-state index is 0.0608. The molecule has 2 unspecified atom stereocenters. The Hall–Kier alpha value is -1.62. The molecule has 3 aliphatic carbocycles. The van der Waals surface area contributed by atoms with E-state index in [0.717, 1.165) is 50.5 Å². The molecule has 3 N–H and O–H groups in total. The Morgan fingerprint density at radius 3 is 2.41 bits per heavy atom. The van der Waals surface area contributed by atoms with Crippen LogP contribution < -0.4 is 10.5 Å². The minimum atomic E-state index is -0.744. The van der Waals surface area contributed by atoms with Crippen LogP contribution in [-0.4, -0.2) is 23.2 Å². The van der Waals surface area contributed by atoms with Crippen LogP contribution in [0.2, 0.25) is 0 Å². The number of carbonyl (C=O) groups is 1. The summed E-state index contributed by atoms with van der Waals surface area (Å²) in [5.41, 5.74) is 5.48. The smallest absolute Gasteiger partial charge is 0.251 e. The van der Waals surface area contributed by atoms with Gasteiger partial charge < -0.3 is 15.6 Å². The second-order valence-corrected chi connectivity index (χ2v) is 9.73. The number of nitrogens with two attached hydrogens (primary N) is 1. The zero-order valence-electron chi connectivity index (χ0n) is 16.3. The van der Waals surface area contributed by atoms with Gasteiger partial charge in [-0.05, 0) is 74.3 Å². The van der Waals surface area contributed by atoms with Gasteiger partial charge in [0.05, 0.1) is 17.8 Å². The number of ether oxygens (including phenoxy) is 1. The number of amides is 1. The molecule has 3 fully saturated rings. The maximum absolute atomic E-state index is 14.3. The van der Waals surface area contributed by atoms with Crippen LogP contribution in [0.5, 0.6) is 5.75 Å². The standard InChI is InChI=1S/C22H30FNO3/c1-13-7-21(8-14(2)10-22(26,9-13)11-21)12-27-19-6-18(23)17(20(24)25)5-16(19)15-3-4-15/h5-6,13-15,26H,3-4,7-12H2,1-2H3,(H2,24,25). The van der Waals surface area contributed by atoms with Crippen LogP contribution in [0.4, 0.5) is 4.39 Å². The van der Waals surface area contributed by atoms with Gasteiger partial charge in [0.1, 0.15) is 11.6 Å². The third kappa shape index (κ3) is 3.71. The Balaban J connectivity index is 1.59. The van der Waals surface area contributed by atoms with Gasteiger partial charge in [-0.1, -0.05) is 13.8 Å². The molecule has 4 rings (SSSR count). The average molecular weight is 375 g/mol. The van der Waals surface area contributed by atoms with Crippen molar-refractivity contribution < 1.29 is 19.0 Å². The first-order valence-corrected chi connectivity index (χ1v) is 10.2. The molecule has 4 nitrogen and oxygen atoms in total. The van der Waals surface area contributed by atoms with Crippen molar-refractivity contribution in [1.82, 2.24) is 0 Å². The summed E-state index contributed by atoms with van der Waals surface area (Å²) in [6.07, 6.45) is 6.58. The lowest BCUT2D eigenvalue weighted by atomic mass is 9.55. The normalized spacial score (nSPS) is 35.7. The fourth-order valence-corrected chi connectivity index (χ4v) is 6.07. The molecule has 1 aromatic carbocycles. The molecule has 0 spiro atoms. The molecule has 2 atom stereocenters. The number of carbonyl (C=O) groups excluding carboxylic acids is 1. The summed E-state index contributed by atoms with van der Waals surface area (Å²) in [5, 5.41) is 11.0. The third-order valence-electron chi connectivity index (χ3n) is 6.64. The lowest BCUT2D eigenvalue weighted by Crippen LogP contribution is -2.52. The molecule has 5 heteroatoms. The van der Waals surface area contributed by atoms with Gasteiger partial charge in [0, 0.05) is 11.5 Å². The molecule has 148 valence electrons. The molecule has 0 heterocycles. The molecule has 1 aromatic rings. The number of hydrogen-bond acceptors (Lipinski definition) is 3. The van der Waals surface area contributed by atoms with Crippen LogP contribution in [0.1, 0.15) is 80.6 Å². The predicted octanol–water partition coefficient (Wildman–Crippen LogP) is 4.15. The molecule has 0 aromatic heterocycles. The van der Waals surface area contributed by atoms with E-state index >= 15 is 0 Å². The van der Waals surface area contributed by atoms with E-state index in [1.165, 1.54) is 6.07 Å². The van der Waals surface area contributed by atoms with Gasteiger partial charge in [-0.2, -0.15) is 0 Å². The summed E-state index contributed by atoms with van der Waals surface area (Å²) >= 11 is 0. The summed E-state index contributed by atoms with van der Waals surface area (Å²) in [5.74, 6) is 0.406. The van der Waals surface area contributed by atoms with Gasteiger partial charge in [0.25, 0.3) is 5.91 Å². The molecule has 0 saturated heterocycles. The number of rotatable bonds is 5. The number of fused-ring (bicyclic) bond motifs is 2. The fourth-order valence-electron chi connectivity index (χ4n) is 6.07. The number of hydrogen-bond donors (Lipinski definition) is 2. The quantitative estimate of drug-likeness (QED) is 0.812. The molecule has 3 saturated carbocycles. The van der Waals surface area contributed by atoms with Crippen molar-refractivity contribution >= 4 is 5.91 Å². The van der Waals surface area contributed by atoms with Crippen molar-refractivity contribution in [3.8, 4) is 5.75 Å². The van der Waals surface area contributed by atoms with Crippen LogP contribution in [-0.2, 0) is 0 Å². The first-order chi connectivity index (χ1) is 12.7. The van der Waals surface area contributed by atoms with Crippen LogP contribution in [0.15, 0.2) is 12.1 Å². The van der Waals surface area contributed by atoms with Gasteiger partial charge in [-0.3, -0.25) is 4.79 Å². The summed E-state index contributed by atoms with van der Waals surface area (Å²) in [4.78, 5) is 11.5. The van der Waals surface area contributed by atoms with Crippen LogP contribution >= 0.6 is 0 Å². The summed E-state index contributed by atoms with van der Waals surface area (Å²) in [7, 11) is 0. The van der Waals surface area contributed by atoms with Crippen molar-refractivity contribution in [2.24, 2.45) is 23.0 Å². The Labute approximate surface area is 160 Å². The second-order valence-electron chi connectivity index (χ2n) is 9.73. The molecule has 2 bridgehead atoms. The average Bonchev–Trinajstić information content (AvgIpc) is 3.34. The van der Waals surface area contributed by atoms with E-state index in [2.05, 4.69) is 13.8 Å². The van der Waals surface area contributed by atoms with Crippen molar-refractivity contribution in [3.63, 3.8) is 0 Å². The topological polar surface area (TPSA) is 72.6 Å². The monoisotopic (exact) mass is 375 g/mol. The Bertz CT molecular complexity index is 744. The van der Waals surface area contributed by atoms with Crippen LogP contribution in [0, 0.1) is 23.1 Å². The molecule has 0 aliphatic heterocycles. The Morgan fingerprint density at radius 2 is 1.85 bits per heavy atom. The highest BCUT2D eigenvalue weighted by molar-refractivity contribution is 5.93. The zero-order valence-corrected chi connectivity index (χ0v) is 16.3. The number of halogens is 1. The highest BCUT2D eigenvalue weighted by Crippen LogP contribution is 2.55. The lowest BCUT2D eigenvalue weighted by molar-refractivity contribution is -0.131. The molecular weight excluding hydrogens is 345 g/mol. The molecule has 3 aliphatic rings. The number of benzene rings is 1. The van der Waals surface area contributed by atoms with Gasteiger partial charge in [0.15, 0.2) is 0 Å². The summed E-state index contributed by atoms with van der Waals surface area (Å²) in [6, 6.07) is 2.90. The van der Waals surface area contributed by atoms with Crippen LogP contribution in [0.3, 0.4) is 0 Å². The van der Waals surface area contributed by atoms with E-state index < -0.39 is 17.3 Å². The molecule has 1 amide bonds. The highest BCUT2D eigenvalue weighted by atomic mass is 19.1. The van der Waals surface area contributed by atoms with Crippen molar-refractivity contribution in [3.05, 3.63) is 29.1 Å². The maximum atomic E-state index is 14.3. The molecule has 0 radical (unpaired) electrons. The van der Waals surface area contributed by atoms with Gasteiger partial charge in [0.2, 0.25) is 0 Å². The summed E-state index contributed by atoms with van der Waals surface area (Å²) < 4.78 is 20.6. The highest BCUT2D eigenvalue weighted by Gasteiger charge is 2.51. The Kier molecular flexibility index (Phi) is 4.49. The van der Waals surface area contributed by atoms with E-state index in [9.17, 15) is 14.3 Å². The third-order valence-corrected chi connectivity index (χ3v) is 6.64. The van der Waals surface area contributed by atoms with Gasteiger partial charge >= 0.3 is 0 Å². The largest absolute Gasteiger partial charge is 0.493 e. The Morgan fingerprint density at radius 1 is 1.22 bits per heavy atom. The van der Waals surface area contributed by atoms with E-state index in [4.69, 9.17) is 10.5 Å². The van der Waals surface area contributed by atoms with Gasteiger partial charge in [-0.25, -0.2) is 4.39 Å². The maximum Gasteiger partial charge on any atom is 0.251 e. The van der Waals surface area contributed by atoms with E-state index in [1.807, 2.05) is 0 Å². The SMILES string of the molecule is CC1CC2(O)CC(C)CC(COc3cc(F)c(C(N)=O)cc3C3CC3)(C1)C2. The fraction of sp³-hybridized carbons (Fsp3) is 0.682. The van der Waals surface area contributed by atoms with Crippen LogP contribution in [0.25, 0.3) is 0 Å². The number of primary amides is 1. The predicted molar refractivity (Wildman–Crippen MR) is 101 cm³/mol.